The highest BCUT2D eigenvalue weighted by molar-refractivity contribution is 6.35. The summed E-state index contributed by atoms with van der Waals surface area (Å²) >= 11 is 5.80. The molecule has 0 bridgehead atoms. The summed E-state index contributed by atoms with van der Waals surface area (Å²) < 4.78 is 13.6. The van der Waals surface area contributed by atoms with Gasteiger partial charge in [0.2, 0.25) is 0 Å². The average Bonchev–Trinajstić information content (AvgIpc) is 2.57. The molecule has 6 heteroatoms. The van der Waals surface area contributed by atoms with Crippen LogP contribution in [-0.2, 0) is 0 Å². The molecule has 0 aromatic heterocycles. The van der Waals surface area contributed by atoms with Crippen LogP contribution in [-0.4, -0.2) is 29.1 Å². The second-order valence-corrected chi connectivity index (χ2v) is 5.40. The number of phenolic OH excluding ortho intramolecular Hbond substituents is 1. The molecule has 0 radical (unpaired) electrons. The van der Waals surface area contributed by atoms with Crippen LogP contribution in [0.2, 0.25) is 5.02 Å². The van der Waals surface area contributed by atoms with Crippen molar-refractivity contribution in [3.63, 3.8) is 0 Å². The molecular formula is C16H24ClFN2O2. The van der Waals surface area contributed by atoms with E-state index in [2.05, 4.69) is 12.2 Å². The summed E-state index contributed by atoms with van der Waals surface area (Å²) in [7, 11) is 0. The monoisotopic (exact) mass is 330 g/mol. The molecule has 1 aliphatic rings. The average molecular weight is 331 g/mol. The van der Waals surface area contributed by atoms with Gasteiger partial charge in [-0.1, -0.05) is 38.8 Å². The highest BCUT2D eigenvalue weighted by atomic mass is 35.5. The molecule has 2 N–H and O–H groups in total. The molecule has 2 rings (SSSR count). The van der Waals surface area contributed by atoms with E-state index in [1.807, 2.05) is 13.8 Å². The summed E-state index contributed by atoms with van der Waals surface area (Å²) in [5.41, 5.74) is -0.172. The van der Waals surface area contributed by atoms with E-state index in [4.69, 9.17) is 11.6 Å². The number of rotatable bonds is 2. The first-order valence-corrected chi connectivity index (χ1v) is 8.13. The van der Waals surface area contributed by atoms with Crippen LogP contribution in [0.1, 0.15) is 40.0 Å². The molecule has 124 valence electrons. The van der Waals surface area contributed by atoms with Crippen LogP contribution in [0.5, 0.6) is 5.75 Å². The number of hydrogen-bond donors (Lipinski definition) is 2. The quantitative estimate of drug-likeness (QED) is 0.813. The van der Waals surface area contributed by atoms with Crippen LogP contribution in [0.25, 0.3) is 0 Å². The summed E-state index contributed by atoms with van der Waals surface area (Å²) in [5.74, 6) is -0.266. The molecule has 1 saturated heterocycles. The maximum absolute atomic E-state index is 13.6. The van der Waals surface area contributed by atoms with Gasteiger partial charge >= 0.3 is 6.03 Å². The first-order chi connectivity index (χ1) is 10.5. The minimum atomic E-state index is -0.662. The molecular weight excluding hydrogens is 307 g/mol. The predicted octanol–water partition coefficient (Wildman–Crippen LogP) is 4.86. The highest BCUT2D eigenvalue weighted by Crippen LogP contribution is 2.33. The molecule has 0 spiro atoms. The number of aromatic hydroxyl groups is 1. The van der Waals surface area contributed by atoms with Gasteiger partial charge in [0.1, 0.15) is 22.3 Å². The van der Waals surface area contributed by atoms with Gasteiger partial charge in [-0.15, -0.1) is 0 Å². The highest BCUT2D eigenvalue weighted by Gasteiger charge is 2.23. The third-order valence-corrected chi connectivity index (χ3v) is 4.16. The van der Waals surface area contributed by atoms with Gasteiger partial charge in [0.05, 0.1) is 0 Å². The Morgan fingerprint density at radius 2 is 2.00 bits per heavy atom. The zero-order valence-electron chi connectivity index (χ0n) is 13.3. The van der Waals surface area contributed by atoms with Crippen molar-refractivity contribution in [2.75, 3.05) is 18.4 Å². The van der Waals surface area contributed by atoms with Crippen molar-refractivity contribution < 1.29 is 14.3 Å². The van der Waals surface area contributed by atoms with Gasteiger partial charge in [-0.2, -0.15) is 0 Å². The van der Waals surface area contributed by atoms with Gasteiger partial charge < -0.3 is 15.3 Å². The molecule has 1 heterocycles. The number of hydrogen-bond acceptors (Lipinski definition) is 2. The lowest BCUT2D eigenvalue weighted by molar-refractivity contribution is 0.181. The van der Waals surface area contributed by atoms with Gasteiger partial charge in [-0.25, -0.2) is 9.18 Å². The van der Waals surface area contributed by atoms with Gasteiger partial charge in [0.15, 0.2) is 0 Å². The SMILES string of the molecule is CC.CCC1CCN(C(=O)Nc2c(F)ccc(O)c2Cl)CC1. The molecule has 4 nitrogen and oxygen atoms in total. The zero-order valence-corrected chi connectivity index (χ0v) is 14.1. The maximum Gasteiger partial charge on any atom is 0.321 e. The second kappa shape index (κ2) is 8.83. The van der Waals surface area contributed by atoms with E-state index in [-0.39, 0.29) is 22.5 Å². The molecule has 2 amide bonds. The van der Waals surface area contributed by atoms with Crippen LogP contribution in [0.4, 0.5) is 14.9 Å². The van der Waals surface area contributed by atoms with E-state index in [0.29, 0.717) is 19.0 Å². The van der Waals surface area contributed by atoms with Gasteiger partial charge in [-0.05, 0) is 30.9 Å². The van der Waals surface area contributed by atoms with Crippen molar-refractivity contribution in [2.45, 2.75) is 40.0 Å². The summed E-state index contributed by atoms with van der Waals surface area (Å²) in [6, 6.07) is 1.84. The molecule has 1 fully saturated rings. The smallest absolute Gasteiger partial charge is 0.321 e. The summed E-state index contributed by atoms with van der Waals surface area (Å²) in [6.45, 7) is 7.45. The molecule has 1 aromatic rings. The number of piperidine rings is 1. The first-order valence-electron chi connectivity index (χ1n) is 7.75. The van der Waals surface area contributed by atoms with E-state index in [1.54, 1.807) is 4.90 Å². The summed E-state index contributed by atoms with van der Waals surface area (Å²) in [4.78, 5) is 13.7. The van der Waals surface area contributed by atoms with E-state index in [0.717, 1.165) is 31.4 Å². The maximum atomic E-state index is 13.6. The van der Waals surface area contributed by atoms with Crippen LogP contribution >= 0.6 is 11.6 Å². The summed E-state index contributed by atoms with van der Waals surface area (Å²) in [6.07, 6.45) is 3.03. The predicted molar refractivity (Wildman–Crippen MR) is 88.0 cm³/mol. The Balaban J connectivity index is 0.00000116. The minimum absolute atomic E-state index is 0.172. The Morgan fingerprint density at radius 1 is 1.41 bits per heavy atom. The van der Waals surface area contributed by atoms with Crippen molar-refractivity contribution in [3.8, 4) is 5.75 Å². The van der Waals surface area contributed by atoms with E-state index in [1.165, 1.54) is 0 Å². The Kier molecular flexibility index (Phi) is 7.45. The first kappa shape index (κ1) is 18.6. The molecule has 0 atom stereocenters. The number of amides is 2. The van der Waals surface area contributed by atoms with Crippen molar-refractivity contribution >= 4 is 23.3 Å². The number of halogens is 2. The van der Waals surface area contributed by atoms with Crippen LogP contribution in [0.3, 0.4) is 0 Å². The van der Waals surface area contributed by atoms with Gasteiger partial charge in [0, 0.05) is 13.1 Å². The molecule has 22 heavy (non-hydrogen) atoms. The number of likely N-dealkylation sites (tertiary alicyclic amines) is 1. The van der Waals surface area contributed by atoms with E-state index in [9.17, 15) is 14.3 Å². The van der Waals surface area contributed by atoms with Crippen molar-refractivity contribution in [2.24, 2.45) is 5.92 Å². The second-order valence-electron chi connectivity index (χ2n) is 5.02. The number of benzene rings is 1. The van der Waals surface area contributed by atoms with E-state index >= 15 is 0 Å². The number of urea groups is 1. The standard InChI is InChI=1S/C14H18ClFN2O2.C2H6/c1-2-9-5-7-18(8-6-9)14(20)17-13-10(16)3-4-11(19)12(13)15;1-2/h3-4,9,19H,2,5-8H2,1H3,(H,17,20);1-2H3. The minimum Gasteiger partial charge on any atom is -0.506 e. The van der Waals surface area contributed by atoms with Crippen molar-refractivity contribution in [3.05, 3.63) is 23.0 Å². The lowest BCUT2D eigenvalue weighted by Crippen LogP contribution is -2.41. The number of carbonyl (C=O) groups excluding carboxylic acids is 1. The topological polar surface area (TPSA) is 52.6 Å². The van der Waals surface area contributed by atoms with Crippen LogP contribution < -0.4 is 5.32 Å². The van der Waals surface area contributed by atoms with E-state index < -0.39 is 5.82 Å². The number of nitrogens with one attached hydrogen (secondary N) is 1. The van der Waals surface area contributed by atoms with Crippen molar-refractivity contribution in [1.29, 1.82) is 0 Å². The van der Waals surface area contributed by atoms with Gasteiger partial charge in [-0.3, -0.25) is 0 Å². The Labute approximate surface area is 136 Å². The van der Waals surface area contributed by atoms with Crippen LogP contribution in [0.15, 0.2) is 12.1 Å². The van der Waals surface area contributed by atoms with Crippen LogP contribution in [0, 0.1) is 11.7 Å². The van der Waals surface area contributed by atoms with Gasteiger partial charge in [0.25, 0.3) is 0 Å². The molecule has 0 saturated carbocycles. The normalized spacial score (nSPS) is 15.0. The molecule has 0 unspecified atom stereocenters. The Morgan fingerprint density at radius 3 is 2.55 bits per heavy atom. The molecule has 1 aromatic carbocycles. The third-order valence-electron chi connectivity index (χ3n) is 3.78. The fraction of sp³-hybridized carbons (Fsp3) is 0.562. The summed E-state index contributed by atoms with van der Waals surface area (Å²) in [5, 5.41) is 11.7. The number of phenols is 1. The zero-order chi connectivity index (χ0) is 16.7. The Bertz CT molecular complexity index is 503. The lowest BCUT2D eigenvalue weighted by atomic mass is 9.95. The number of anilines is 1. The fourth-order valence-electron chi connectivity index (χ4n) is 2.39. The molecule has 1 aliphatic heterocycles. The number of nitrogens with zero attached hydrogens (tertiary/aromatic N) is 1. The third kappa shape index (κ3) is 4.50. The largest absolute Gasteiger partial charge is 0.506 e. The fourth-order valence-corrected chi connectivity index (χ4v) is 2.59. The Hall–Kier alpha value is -1.49. The van der Waals surface area contributed by atoms with Crippen molar-refractivity contribution in [1.82, 2.24) is 4.90 Å². The number of carbonyl (C=O) groups is 1. The lowest BCUT2D eigenvalue weighted by Gasteiger charge is -2.31. The molecule has 0 aliphatic carbocycles.